The van der Waals surface area contributed by atoms with E-state index >= 15 is 0 Å². The lowest BCUT2D eigenvalue weighted by Crippen LogP contribution is -2.39. The first-order chi connectivity index (χ1) is 13.2. The summed E-state index contributed by atoms with van der Waals surface area (Å²) in [5.74, 6) is -0.248. The fourth-order valence-corrected chi connectivity index (χ4v) is 3.70. The molecule has 1 amide bonds. The second-order valence-electron chi connectivity index (χ2n) is 7.98. The molecule has 1 aliphatic heterocycles. The highest BCUT2D eigenvalue weighted by molar-refractivity contribution is 5.94. The minimum Gasteiger partial charge on any atom is -0.465 e. The molecule has 1 aliphatic rings. The Morgan fingerprint density at radius 3 is 2.29 bits per heavy atom. The number of anilines is 1. The molecule has 2 aromatic carbocycles. The van der Waals surface area contributed by atoms with Crippen LogP contribution >= 0.6 is 0 Å². The van der Waals surface area contributed by atoms with Gasteiger partial charge in [0.2, 0.25) is 5.91 Å². The maximum absolute atomic E-state index is 12.0. The van der Waals surface area contributed by atoms with Crippen LogP contribution in [0.3, 0.4) is 0 Å². The predicted octanol–water partition coefficient (Wildman–Crippen LogP) is 5.07. The molecule has 3 rings (SSSR count). The zero-order valence-electron chi connectivity index (χ0n) is 17.2. The summed E-state index contributed by atoms with van der Waals surface area (Å²) in [6.07, 6.45) is 3.04. The van der Waals surface area contributed by atoms with E-state index in [1.807, 2.05) is 17.0 Å². The maximum Gasteiger partial charge on any atom is 0.337 e. The van der Waals surface area contributed by atoms with Crippen LogP contribution in [0.1, 0.15) is 61.2 Å². The topological polar surface area (TPSA) is 46.6 Å². The van der Waals surface area contributed by atoms with E-state index in [4.69, 9.17) is 4.74 Å². The Morgan fingerprint density at radius 2 is 1.68 bits per heavy atom. The highest BCUT2D eigenvalue weighted by Gasteiger charge is 2.32. The van der Waals surface area contributed by atoms with Crippen LogP contribution in [0.5, 0.6) is 0 Å². The van der Waals surface area contributed by atoms with Crippen molar-refractivity contribution in [3.63, 3.8) is 0 Å². The van der Waals surface area contributed by atoms with E-state index in [0.717, 1.165) is 35.4 Å². The summed E-state index contributed by atoms with van der Waals surface area (Å²) in [6, 6.07) is 13.7. The van der Waals surface area contributed by atoms with Gasteiger partial charge in [-0.05, 0) is 65.3 Å². The second-order valence-corrected chi connectivity index (χ2v) is 7.98. The van der Waals surface area contributed by atoms with E-state index in [-0.39, 0.29) is 17.3 Å². The van der Waals surface area contributed by atoms with Crippen molar-refractivity contribution < 1.29 is 14.3 Å². The van der Waals surface area contributed by atoms with Crippen molar-refractivity contribution in [1.82, 2.24) is 0 Å². The third-order valence-electron chi connectivity index (χ3n) is 5.53. The van der Waals surface area contributed by atoms with Crippen molar-refractivity contribution in [2.24, 2.45) is 0 Å². The minimum atomic E-state index is -0.334. The van der Waals surface area contributed by atoms with Crippen molar-refractivity contribution in [1.29, 1.82) is 0 Å². The highest BCUT2D eigenvalue weighted by atomic mass is 16.5. The smallest absolute Gasteiger partial charge is 0.337 e. The fraction of sp³-hybridized carbons (Fsp3) is 0.333. The number of hydrogen-bond donors (Lipinski definition) is 0. The molecule has 2 aromatic rings. The summed E-state index contributed by atoms with van der Waals surface area (Å²) in [5, 5.41) is 0. The molecule has 0 aliphatic carbocycles. The lowest BCUT2D eigenvalue weighted by atomic mass is 9.76. The number of carbonyl (C=O) groups is 2. The molecule has 0 radical (unpaired) electrons. The Hall–Kier alpha value is -2.88. The Morgan fingerprint density at radius 1 is 1.04 bits per heavy atom. The van der Waals surface area contributed by atoms with Crippen molar-refractivity contribution in [2.45, 2.75) is 39.5 Å². The molecule has 4 nitrogen and oxygen atoms in total. The largest absolute Gasteiger partial charge is 0.465 e. The molecule has 0 atom stereocenters. The van der Waals surface area contributed by atoms with Gasteiger partial charge in [0, 0.05) is 19.2 Å². The molecule has 0 N–H and O–H groups in total. The first-order valence-corrected chi connectivity index (χ1v) is 9.52. The summed E-state index contributed by atoms with van der Waals surface area (Å²) in [4.78, 5) is 25.5. The van der Waals surface area contributed by atoms with Gasteiger partial charge >= 0.3 is 5.97 Å². The van der Waals surface area contributed by atoms with Crippen molar-refractivity contribution in [2.75, 3.05) is 18.6 Å². The maximum atomic E-state index is 12.0. The van der Waals surface area contributed by atoms with Crippen molar-refractivity contribution in [3.05, 3.63) is 64.7 Å². The molecule has 1 heterocycles. The number of nitrogens with zero attached hydrogens (tertiary/aromatic N) is 1. The Labute approximate surface area is 166 Å². The average Bonchev–Trinajstić information content (AvgIpc) is 2.67. The van der Waals surface area contributed by atoms with Crippen LogP contribution in [0.15, 0.2) is 42.5 Å². The SMILES string of the molecule is COC(=O)c1ccc(/C=C(\C)c2ccc3c(c2)C(C)(C)CCN3C(C)=O)cc1. The summed E-state index contributed by atoms with van der Waals surface area (Å²) >= 11 is 0. The number of hydrogen-bond acceptors (Lipinski definition) is 3. The molecule has 0 bridgehead atoms. The molecule has 146 valence electrons. The number of rotatable bonds is 3. The molecule has 0 saturated heterocycles. The molecule has 0 aromatic heterocycles. The van der Waals surface area contributed by atoms with Gasteiger partial charge in [-0.1, -0.05) is 38.1 Å². The van der Waals surface area contributed by atoms with Crippen molar-refractivity contribution >= 4 is 29.2 Å². The number of amides is 1. The predicted molar refractivity (Wildman–Crippen MR) is 113 cm³/mol. The lowest BCUT2D eigenvalue weighted by molar-refractivity contribution is -0.116. The van der Waals surface area contributed by atoms with Crippen LogP contribution in [-0.2, 0) is 14.9 Å². The molecule has 28 heavy (non-hydrogen) atoms. The van der Waals surface area contributed by atoms with E-state index in [1.54, 1.807) is 19.1 Å². The van der Waals surface area contributed by atoms with Crippen LogP contribution in [0, 0.1) is 0 Å². The fourth-order valence-electron chi connectivity index (χ4n) is 3.70. The third kappa shape index (κ3) is 3.86. The lowest BCUT2D eigenvalue weighted by Gasteiger charge is -2.39. The van der Waals surface area contributed by atoms with Gasteiger partial charge < -0.3 is 9.64 Å². The van der Waals surface area contributed by atoms with E-state index in [0.29, 0.717) is 5.56 Å². The zero-order valence-corrected chi connectivity index (χ0v) is 17.2. The summed E-state index contributed by atoms with van der Waals surface area (Å²) in [6.45, 7) is 8.93. The number of allylic oxidation sites excluding steroid dienone is 1. The van der Waals surface area contributed by atoms with E-state index < -0.39 is 0 Å². The second kappa shape index (κ2) is 7.63. The van der Waals surface area contributed by atoms with Gasteiger partial charge in [0.15, 0.2) is 0 Å². The van der Waals surface area contributed by atoms with Gasteiger partial charge in [0.1, 0.15) is 0 Å². The molecule has 4 heteroatoms. The molecule has 0 spiro atoms. The monoisotopic (exact) mass is 377 g/mol. The zero-order chi connectivity index (χ0) is 20.5. The first-order valence-electron chi connectivity index (χ1n) is 9.52. The molecule has 0 unspecified atom stereocenters. The first kappa shape index (κ1) is 19.9. The van der Waals surface area contributed by atoms with Crippen LogP contribution in [0.4, 0.5) is 5.69 Å². The van der Waals surface area contributed by atoms with E-state index in [2.05, 4.69) is 45.0 Å². The van der Waals surface area contributed by atoms with Gasteiger partial charge in [-0.25, -0.2) is 4.79 Å². The molecule has 0 saturated carbocycles. The Balaban J connectivity index is 1.94. The van der Waals surface area contributed by atoms with Gasteiger partial charge in [-0.2, -0.15) is 0 Å². The van der Waals surface area contributed by atoms with Crippen LogP contribution in [0.25, 0.3) is 11.6 Å². The molecule has 0 fully saturated rings. The third-order valence-corrected chi connectivity index (χ3v) is 5.53. The van der Waals surface area contributed by atoms with Crippen molar-refractivity contribution in [3.8, 4) is 0 Å². The van der Waals surface area contributed by atoms with Crippen LogP contribution in [0.2, 0.25) is 0 Å². The average molecular weight is 377 g/mol. The van der Waals surface area contributed by atoms with E-state index in [1.165, 1.54) is 12.7 Å². The number of ether oxygens (including phenoxy) is 1. The van der Waals surface area contributed by atoms with Crippen LogP contribution in [-0.4, -0.2) is 25.5 Å². The van der Waals surface area contributed by atoms with Gasteiger partial charge in [0.05, 0.1) is 12.7 Å². The number of fused-ring (bicyclic) bond motifs is 1. The summed E-state index contributed by atoms with van der Waals surface area (Å²) in [7, 11) is 1.38. The van der Waals surface area contributed by atoms with Gasteiger partial charge in [-0.15, -0.1) is 0 Å². The number of methoxy groups -OCH3 is 1. The van der Waals surface area contributed by atoms with Gasteiger partial charge in [-0.3, -0.25) is 4.79 Å². The van der Waals surface area contributed by atoms with Gasteiger partial charge in [0.25, 0.3) is 0 Å². The normalized spacial score (nSPS) is 15.8. The van der Waals surface area contributed by atoms with Crippen LogP contribution < -0.4 is 4.90 Å². The minimum absolute atomic E-state index is 0.0275. The number of carbonyl (C=O) groups excluding carboxylic acids is 2. The Bertz CT molecular complexity index is 939. The molecular formula is C24H27NO3. The summed E-state index contributed by atoms with van der Waals surface area (Å²) < 4.78 is 4.74. The van der Waals surface area contributed by atoms with E-state index in [9.17, 15) is 9.59 Å². The Kier molecular flexibility index (Phi) is 5.41. The molecular weight excluding hydrogens is 350 g/mol. The number of benzene rings is 2. The standard InChI is InChI=1S/C24H27NO3/c1-16(14-18-6-8-19(9-7-18)23(27)28-5)20-10-11-22-21(15-20)24(3,4)12-13-25(22)17(2)26/h6-11,14-15H,12-13H2,1-5H3/b16-14+. The summed E-state index contributed by atoms with van der Waals surface area (Å²) in [5.41, 5.74) is 6.07. The number of esters is 1. The quantitative estimate of drug-likeness (QED) is 0.554. The highest BCUT2D eigenvalue weighted by Crippen LogP contribution is 2.41.